The number of hydrogen-bond donors (Lipinski definition) is 3. The van der Waals surface area contributed by atoms with Crippen LogP contribution in [0.15, 0.2) is 30.5 Å². The van der Waals surface area contributed by atoms with Gasteiger partial charge in [-0.3, -0.25) is 9.69 Å². The lowest BCUT2D eigenvalue weighted by molar-refractivity contribution is -0.274. The molecule has 1 atom stereocenters. The van der Waals surface area contributed by atoms with Crippen molar-refractivity contribution in [1.29, 1.82) is 0 Å². The van der Waals surface area contributed by atoms with Gasteiger partial charge in [-0.25, -0.2) is 9.78 Å². The highest BCUT2D eigenvalue weighted by Gasteiger charge is 2.35. The van der Waals surface area contributed by atoms with Gasteiger partial charge >= 0.3 is 12.4 Å². The zero-order chi connectivity index (χ0) is 24.0. The number of piperidine rings is 1. The number of halogens is 3. The molecule has 3 amide bonds. The monoisotopic (exact) mass is 491 g/mol. The number of benzene rings is 1. The Morgan fingerprint density at radius 1 is 1.29 bits per heavy atom. The minimum atomic E-state index is -4.82. The number of hydrogen-bond acceptors (Lipinski definition) is 6. The number of carbonyl (C=O) groups is 2. The molecule has 12 heteroatoms. The maximum Gasteiger partial charge on any atom is 0.573 e. The van der Waals surface area contributed by atoms with Crippen LogP contribution in [0.4, 0.5) is 35.0 Å². The molecule has 3 N–H and O–H groups in total. The molecule has 0 saturated carbocycles. The molecule has 178 valence electrons. The molecule has 0 unspecified atom stereocenters. The zero-order valence-corrected chi connectivity index (χ0v) is 18.8. The summed E-state index contributed by atoms with van der Waals surface area (Å²) in [6, 6.07) is 4.88. The van der Waals surface area contributed by atoms with E-state index in [4.69, 9.17) is 0 Å². The molecular weight excluding hydrogens is 471 g/mol. The molecule has 2 aliphatic rings. The van der Waals surface area contributed by atoms with Crippen molar-refractivity contribution in [2.75, 3.05) is 23.3 Å². The Kier molecular flexibility index (Phi) is 5.56. The second kappa shape index (κ2) is 8.44. The smallest absolute Gasteiger partial charge is 0.406 e. The quantitative estimate of drug-likeness (QED) is 0.493. The fourth-order valence-corrected chi connectivity index (χ4v) is 5.31. The molecule has 34 heavy (non-hydrogen) atoms. The van der Waals surface area contributed by atoms with Crippen LogP contribution in [0.3, 0.4) is 0 Å². The van der Waals surface area contributed by atoms with Gasteiger partial charge < -0.3 is 20.7 Å². The fourth-order valence-electron chi connectivity index (χ4n) is 4.29. The van der Waals surface area contributed by atoms with Gasteiger partial charge in [-0.1, -0.05) is 0 Å². The number of rotatable bonds is 4. The number of ether oxygens (including phenoxy) is 1. The van der Waals surface area contributed by atoms with Crippen LogP contribution < -0.4 is 25.6 Å². The minimum absolute atomic E-state index is 0.00182. The number of nitrogens with zero attached hydrogens (tertiary/aromatic N) is 2. The average Bonchev–Trinajstić information content (AvgIpc) is 3.14. The fraction of sp³-hybridized carbons (Fsp3) is 0.318. The second-order valence-corrected chi connectivity index (χ2v) is 9.09. The normalized spacial score (nSPS) is 18.1. The Labute approximate surface area is 196 Å². The highest BCUT2D eigenvalue weighted by atomic mass is 32.1. The molecule has 2 aromatic heterocycles. The van der Waals surface area contributed by atoms with Gasteiger partial charge in [0.1, 0.15) is 15.5 Å². The molecular formula is C22H20F3N5O3S. The van der Waals surface area contributed by atoms with Gasteiger partial charge in [0.05, 0.1) is 22.4 Å². The van der Waals surface area contributed by atoms with Gasteiger partial charge in [-0.05, 0) is 56.1 Å². The van der Waals surface area contributed by atoms with Crippen LogP contribution in [0.2, 0.25) is 0 Å². The molecule has 0 radical (unpaired) electrons. The SMILES string of the molecule is Cc1cc(OC(F)(F)F)ccc1N1C(=O)Nc2c(C(=O)N[C@@H]3CCCNC3)sc3nccc1c23. The lowest BCUT2D eigenvalue weighted by Gasteiger charge is -2.30. The molecule has 8 nitrogen and oxygen atoms in total. The van der Waals surface area contributed by atoms with Crippen LogP contribution in [-0.2, 0) is 0 Å². The van der Waals surface area contributed by atoms with E-state index in [9.17, 15) is 22.8 Å². The van der Waals surface area contributed by atoms with E-state index in [0.29, 0.717) is 44.3 Å². The van der Waals surface area contributed by atoms with E-state index in [1.807, 2.05) is 0 Å². The highest BCUT2D eigenvalue weighted by molar-refractivity contribution is 7.21. The molecule has 0 aliphatic carbocycles. The van der Waals surface area contributed by atoms with Gasteiger partial charge in [-0.15, -0.1) is 24.5 Å². The summed E-state index contributed by atoms with van der Waals surface area (Å²) in [7, 11) is 0. The molecule has 1 saturated heterocycles. The maximum absolute atomic E-state index is 13.2. The molecule has 3 aromatic rings. The minimum Gasteiger partial charge on any atom is -0.406 e. The number of urea groups is 1. The number of aryl methyl sites for hydroxylation is 1. The van der Waals surface area contributed by atoms with E-state index in [2.05, 4.69) is 25.7 Å². The van der Waals surface area contributed by atoms with Gasteiger partial charge in [0.15, 0.2) is 0 Å². The second-order valence-electron chi connectivity index (χ2n) is 8.09. The van der Waals surface area contributed by atoms with Crippen molar-refractivity contribution in [2.24, 2.45) is 0 Å². The number of anilines is 3. The zero-order valence-electron chi connectivity index (χ0n) is 18.0. The van der Waals surface area contributed by atoms with Crippen LogP contribution in [0.5, 0.6) is 5.75 Å². The Morgan fingerprint density at radius 2 is 2.12 bits per heavy atom. The number of nitrogens with one attached hydrogen (secondary N) is 3. The summed E-state index contributed by atoms with van der Waals surface area (Å²) in [6.07, 6.45) is -1.44. The predicted octanol–water partition coefficient (Wildman–Crippen LogP) is 4.67. The van der Waals surface area contributed by atoms with Gasteiger partial charge in [0.2, 0.25) is 0 Å². The van der Waals surface area contributed by atoms with E-state index in [1.165, 1.54) is 34.6 Å². The van der Waals surface area contributed by atoms with E-state index >= 15 is 0 Å². The number of alkyl halides is 3. The number of aromatic nitrogens is 1. The molecule has 2 aliphatic heterocycles. The Morgan fingerprint density at radius 3 is 2.82 bits per heavy atom. The summed E-state index contributed by atoms with van der Waals surface area (Å²) in [4.78, 5) is 32.9. The standard InChI is InChI=1S/C22H20F3N5O3S/c1-11-9-13(33-22(23,24)25)4-5-14(11)30-15-6-8-27-20-16(15)17(29-21(30)32)18(34-20)19(31)28-12-3-2-7-26-10-12/h4-6,8-9,12,26H,2-3,7,10H2,1H3,(H,28,31)(H,29,32)/t12-/m1/s1. The van der Waals surface area contributed by atoms with Crippen molar-refractivity contribution < 1.29 is 27.5 Å². The maximum atomic E-state index is 13.2. The largest absolute Gasteiger partial charge is 0.573 e. The lowest BCUT2D eigenvalue weighted by atomic mass is 10.1. The Bertz CT molecular complexity index is 1290. The average molecular weight is 491 g/mol. The van der Waals surface area contributed by atoms with Crippen LogP contribution in [0, 0.1) is 6.92 Å². The summed E-state index contributed by atoms with van der Waals surface area (Å²) in [5, 5.41) is 9.66. The summed E-state index contributed by atoms with van der Waals surface area (Å²) >= 11 is 1.18. The third-order valence-corrected chi connectivity index (χ3v) is 6.82. The summed E-state index contributed by atoms with van der Waals surface area (Å²) in [5.41, 5.74) is 1.67. The van der Waals surface area contributed by atoms with E-state index in [0.717, 1.165) is 25.5 Å². The number of carbonyl (C=O) groups excluding carboxylic acids is 2. The molecule has 4 heterocycles. The van der Waals surface area contributed by atoms with Gasteiger partial charge in [0.25, 0.3) is 5.91 Å². The Hall–Kier alpha value is -3.38. The summed E-state index contributed by atoms with van der Waals surface area (Å²) < 4.78 is 41.7. The van der Waals surface area contributed by atoms with Crippen molar-refractivity contribution in [2.45, 2.75) is 32.2 Å². The first-order chi connectivity index (χ1) is 16.2. The van der Waals surface area contributed by atoms with Crippen LogP contribution in [0.25, 0.3) is 10.2 Å². The van der Waals surface area contributed by atoms with Crippen molar-refractivity contribution in [1.82, 2.24) is 15.6 Å². The van der Waals surface area contributed by atoms with Crippen LogP contribution in [-0.4, -0.2) is 42.4 Å². The van der Waals surface area contributed by atoms with Crippen molar-refractivity contribution >= 4 is 50.6 Å². The predicted molar refractivity (Wildman–Crippen MR) is 122 cm³/mol. The van der Waals surface area contributed by atoms with E-state index in [-0.39, 0.29) is 17.7 Å². The van der Waals surface area contributed by atoms with Crippen LogP contribution >= 0.6 is 11.3 Å². The van der Waals surface area contributed by atoms with E-state index in [1.54, 1.807) is 13.0 Å². The Balaban J connectivity index is 1.52. The third kappa shape index (κ3) is 4.14. The number of amides is 3. The summed E-state index contributed by atoms with van der Waals surface area (Å²) in [5.74, 6) is -0.658. The third-order valence-electron chi connectivity index (χ3n) is 5.73. The van der Waals surface area contributed by atoms with Gasteiger partial charge in [-0.2, -0.15) is 0 Å². The van der Waals surface area contributed by atoms with Crippen molar-refractivity contribution in [3.05, 3.63) is 40.9 Å². The lowest BCUT2D eigenvalue weighted by Crippen LogP contribution is -2.45. The van der Waals surface area contributed by atoms with Crippen molar-refractivity contribution in [3.63, 3.8) is 0 Å². The first-order valence-corrected chi connectivity index (χ1v) is 11.4. The van der Waals surface area contributed by atoms with Crippen molar-refractivity contribution in [3.8, 4) is 5.75 Å². The first kappa shape index (κ1) is 22.4. The number of pyridine rings is 1. The number of thiophene rings is 1. The molecule has 0 bridgehead atoms. The molecule has 1 aromatic carbocycles. The summed E-state index contributed by atoms with van der Waals surface area (Å²) in [6.45, 7) is 3.19. The highest BCUT2D eigenvalue weighted by Crippen LogP contribution is 2.46. The van der Waals surface area contributed by atoms with E-state index < -0.39 is 12.4 Å². The first-order valence-electron chi connectivity index (χ1n) is 10.6. The molecule has 1 fully saturated rings. The van der Waals surface area contributed by atoms with Gasteiger partial charge in [0, 0.05) is 18.8 Å². The molecule has 5 rings (SSSR count). The topological polar surface area (TPSA) is 95.6 Å². The van der Waals surface area contributed by atoms with Crippen LogP contribution in [0.1, 0.15) is 28.1 Å². The molecule has 0 spiro atoms.